The second kappa shape index (κ2) is 8.25. The molecular weight excluding hydrogens is 246 g/mol. The van der Waals surface area contributed by atoms with Crippen molar-refractivity contribution in [3.63, 3.8) is 0 Å². The molecule has 0 spiro atoms. The molecule has 0 aliphatic rings. The van der Waals surface area contributed by atoms with Gasteiger partial charge in [0, 0.05) is 39.7 Å². The van der Waals surface area contributed by atoms with Gasteiger partial charge in [-0.05, 0) is 6.92 Å². The van der Waals surface area contributed by atoms with Gasteiger partial charge >= 0.3 is 0 Å². The van der Waals surface area contributed by atoms with Gasteiger partial charge in [-0.3, -0.25) is 4.79 Å². The van der Waals surface area contributed by atoms with Gasteiger partial charge in [-0.25, -0.2) is 9.97 Å². The maximum Gasteiger partial charge on any atom is 0.221 e. The van der Waals surface area contributed by atoms with Crippen LogP contribution in [0.15, 0.2) is 6.07 Å². The lowest BCUT2D eigenvalue weighted by Gasteiger charge is -2.09. The molecule has 0 aliphatic carbocycles. The number of carbonyl (C=O) groups is 1. The van der Waals surface area contributed by atoms with E-state index in [0.29, 0.717) is 43.6 Å². The van der Waals surface area contributed by atoms with Gasteiger partial charge in [-0.2, -0.15) is 0 Å². The lowest BCUT2D eigenvalue weighted by molar-refractivity contribution is -0.120. The number of nitrogens with one attached hydrogen (secondary N) is 3. The van der Waals surface area contributed by atoms with Crippen LogP contribution >= 0.6 is 0 Å². The SMILES string of the molecule is CCNC(=O)CCNc1cc(NC)nc(COC)n1. The Morgan fingerprint density at radius 2 is 2.11 bits per heavy atom. The fourth-order valence-corrected chi connectivity index (χ4v) is 1.50. The maximum absolute atomic E-state index is 11.3. The van der Waals surface area contributed by atoms with E-state index in [-0.39, 0.29) is 5.91 Å². The number of hydrogen-bond donors (Lipinski definition) is 3. The molecule has 3 N–H and O–H groups in total. The minimum absolute atomic E-state index is 0.0232. The first kappa shape index (κ1) is 15.2. The quantitative estimate of drug-likeness (QED) is 0.639. The van der Waals surface area contributed by atoms with E-state index >= 15 is 0 Å². The Balaban J connectivity index is 2.56. The summed E-state index contributed by atoms with van der Waals surface area (Å²) in [7, 11) is 3.38. The van der Waals surface area contributed by atoms with E-state index in [4.69, 9.17) is 4.74 Å². The summed E-state index contributed by atoms with van der Waals surface area (Å²) in [5.41, 5.74) is 0. The van der Waals surface area contributed by atoms with Crippen molar-refractivity contribution in [1.29, 1.82) is 0 Å². The summed E-state index contributed by atoms with van der Waals surface area (Å²) in [4.78, 5) is 19.9. The van der Waals surface area contributed by atoms with Gasteiger partial charge in [-0.15, -0.1) is 0 Å². The Labute approximate surface area is 113 Å². The number of methoxy groups -OCH3 is 1. The minimum Gasteiger partial charge on any atom is -0.377 e. The van der Waals surface area contributed by atoms with Crippen molar-refractivity contribution in [3.8, 4) is 0 Å². The monoisotopic (exact) mass is 267 g/mol. The van der Waals surface area contributed by atoms with Crippen LogP contribution in [0.1, 0.15) is 19.2 Å². The largest absolute Gasteiger partial charge is 0.377 e. The molecule has 1 amide bonds. The summed E-state index contributed by atoms with van der Waals surface area (Å²) in [6.07, 6.45) is 0.409. The van der Waals surface area contributed by atoms with Crippen molar-refractivity contribution < 1.29 is 9.53 Å². The van der Waals surface area contributed by atoms with E-state index in [1.54, 1.807) is 20.2 Å². The minimum atomic E-state index is 0.0232. The topological polar surface area (TPSA) is 88.2 Å². The molecule has 1 aromatic rings. The van der Waals surface area contributed by atoms with Crippen LogP contribution in [0.4, 0.5) is 11.6 Å². The molecular formula is C12H21N5O2. The summed E-state index contributed by atoms with van der Waals surface area (Å²) in [5, 5.41) is 8.80. The molecule has 0 aliphatic heterocycles. The standard InChI is InChI=1S/C12H21N5O2/c1-4-14-12(18)5-6-15-10-7-9(13-2)16-11(17-10)8-19-3/h7H,4-6,8H2,1-3H3,(H,14,18)(H2,13,15,16,17). The molecule has 7 heteroatoms. The van der Waals surface area contributed by atoms with Crippen LogP contribution in [0.2, 0.25) is 0 Å². The molecule has 106 valence electrons. The summed E-state index contributed by atoms with van der Waals surface area (Å²) in [6, 6.07) is 1.79. The van der Waals surface area contributed by atoms with Gasteiger partial charge in [0.1, 0.15) is 18.2 Å². The molecule has 19 heavy (non-hydrogen) atoms. The fourth-order valence-electron chi connectivity index (χ4n) is 1.50. The molecule has 0 unspecified atom stereocenters. The van der Waals surface area contributed by atoms with E-state index in [1.807, 2.05) is 6.92 Å². The van der Waals surface area contributed by atoms with E-state index in [1.165, 1.54) is 0 Å². The Bertz CT molecular complexity index is 411. The first-order chi connectivity index (χ1) is 9.19. The molecule has 1 rings (SSSR count). The van der Waals surface area contributed by atoms with E-state index in [2.05, 4.69) is 25.9 Å². The van der Waals surface area contributed by atoms with Gasteiger partial charge < -0.3 is 20.7 Å². The molecule has 0 bridgehead atoms. The zero-order valence-electron chi connectivity index (χ0n) is 11.6. The third-order valence-electron chi connectivity index (χ3n) is 2.33. The van der Waals surface area contributed by atoms with E-state index < -0.39 is 0 Å². The predicted octanol–water partition coefficient (Wildman–Crippen LogP) is 0.603. The molecule has 1 heterocycles. The second-order valence-corrected chi connectivity index (χ2v) is 3.87. The molecule has 0 saturated carbocycles. The molecule has 0 atom stereocenters. The smallest absolute Gasteiger partial charge is 0.221 e. The number of carbonyl (C=O) groups excluding carboxylic acids is 1. The number of amides is 1. The van der Waals surface area contributed by atoms with Gasteiger partial charge in [0.05, 0.1) is 0 Å². The number of aromatic nitrogens is 2. The molecule has 0 saturated heterocycles. The number of ether oxygens (including phenoxy) is 1. The van der Waals surface area contributed by atoms with Gasteiger partial charge in [0.15, 0.2) is 5.82 Å². The predicted molar refractivity (Wildman–Crippen MR) is 74.1 cm³/mol. The average molecular weight is 267 g/mol. The normalized spacial score (nSPS) is 10.1. The molecule has 7 nitrogen and oxygen atoms in total. The third-order valence-corrected chi connectivity index (χ3v) is 2.33. The van der Waals surface area contributed by atoms with Crippen molar-refractivity contribution in [2.45, 2.75) is 20.0 Å². The number of rotatable bonds is 8. The molecule has 0 aromatic carbocycles. The highest BCUT2D eigenvalue weighted by Crippen LogP contribution is 2.11. The Morgan fingerprint density at radius 3 is 2.74 bits per heavy atom. The van der Waals surface area contributed by atoms with Crippen LogP contribution < -0.4 is 16.0 Å². The van der Waals surface area contributed by atoms with E-state index in [0.717, 1.165) is 0 Å². The highest BCUT2D eigenvalue weighted by Gasteiger charge is 2.04. The van der Waals surface area contributed by atoms with Crippen LogP contribution in [0.25, 0.3) is 0 Å². The van der Waals surface area contributed by atoms with Crippen molar-refractivity contribution in [3.05, 3.63) is 11.9 Å². The zero-order chi connectivity index (χ0) is 14.1. The summed E-state index contributed by atoms with van der Waals surface area (Å²) < 4.78 is 5.01. The third kappa shape index (κ3) is 5.52. The fraction of sp³-hybridized carbons (Fsp3) is 0.583. The molecule has 0 radical (unpaired) electrons. The van der Waals surface area contributed by atoms with Crippen molar-refractivity contribution in [1.82, 2.24) is 15.3 Å². The van der Waals surface area contributed by atoms with Crippen LogP contribution in [-0.4, -0.2) is 43.1 Å². The van der Waals surface area contributed by atoms with Crippen LogP contribution in [0.3, 0.4) is 0 Å². The van der Waals surface area contributed by atoms with E-state index in [9.17, 15) is 4.79 Å². The number of anilines is 2. The van der Waals surface area contributed by atoms with Crippen molar-refractivity contribution in [2.75, 3.05) is 37.9 Å². The first-order valence-electron chi connectivity index (χ1n) is 6.24. The van der Waals surface area contributed by atoms with Crippen LogP contribution in [0, 0.1) is 0 Å². The van der Waals surface area contributed by atoms with Crippen molar-refractivity contribution in [2.24, 2.45) is 0 Å². The molecule has 1 aromatic heterocycles. The lowest BCUT2D eigenvalue weighted by Crippen LogP contribution is -2.25. The summed E-state index contributed by atoms with van der Waals surface area (Å²) >= 11 is 0. The zero-order valence-corrected chi connectivity index (χ0v) is 11.6. The van der Waals surface area contributed by atoms with Crippen LogP contribution in [0.5, 0.6) is 0 Å². The van der Waals surface area contributed by atoms with Crippen LogP contribution in [-0.2, 0) is 16.1 Å². The Kier molecular flexibility index (Phi) is 6.59. The number of hydrogen-bond acceptors (Lipinski definition) is 6. The average Bonchev–Trinajstić information content (AvgIpc) is 2.39. The highest BCUT2D eigenvalue weighted by atomic mass is 16.5. The Hall–Kier alpha value is -1.89. The second-order valence-electron chi connectivity index (χ2n) is 3.87. The van der Waals surface area contributed by atoms with Crippen molar-refractivity contribution >= 4 is 17.5 Å². The summed E-state index contributed by atoms with van der Waals surface area (Å²) in [6.45, 7) is 3.42. The number of nitrogens with zero attached hydrogens (tertiary/aromatic N) is 2. The Morgan fingerprint density at radius 1 is 1.37 bits per heavy atom. The first-order valence-corrected chi connectivity index (χ1v) is 6.24. The van der Waals surface area contributed by atoms with Gasteiger partial charge in [0.2, 0.25) is 5.91 Å². The maximum atomic E-state index is 11.3. The van der Waals surface area contributed by atoms with Gasteiger partial charge in [-0.1, -0.05) is 0 Å². The highest BCUT2D eigenvalue weighted by molar-refractivity contribution is 5.76. The summed E-state index contributed by atoms with van der Waals surface area (Å²) in [5.74, 6) is 2.00. The lowest BCUT2D eigenvalue weighted by atomic mass is 10.4. The molecule has 0 fully saturated rings. The van der Waals surface area contributed by atoms with Gasteiger partial charge in [0.25, 0.3) is 0 Å².